The fourth-order valence-electron chi connectivity index (χ4n) is 2.66. The van der Waals surface area contributed by atoms with Crippen LogP contribution in [0, 0.1) is 0 Å². The lowest BCUT2D eigenvalue weighted by Crippen LogP contribution is -2.58. The Kier molecular flexibility index (Phi) is 10.1. The fourth-order valence-corrected chi connectivity index (χ4v) is 2.66. The Morgan fingerprint density at radius 3 is 2.00 bits per heavy atom. The number of phenolic OH excluding ortho intramolecular Hbond substituents is 1. The van der Waals surface area contributed by atoms with E-state index in [1.807, 2.05) is 0 Å². The van der Waals surface area contributed by atoms with E-state index in [0.29, 0.717) is 5.56 Å². The van der Waals surface area contributed by atoms with Crippen LogP contribution in [0.1, 0.15) is 18.9 Å². The van der Waals surface area contributed by atoms with Gasteiger partial charge < -0.3 is 42.7 Å². The van der Waals surface area contributed by atoms with E-state index in [9.17, 15) is 39.3 Å². The van der Waals surface area contributed by atoms with Crippen molar-refractivity contribution in [1.29, 1.82) is 0 Å². The van der Waals surface area contributed by atoms with Crippen LogP contribution in [0.2, 0.25) is 0 Å². The van der Waals surface area contributed by atoms with Crippen molar-refractivity contribution >= 4 is 29.6 Å². The van der Waals surface area contributed by atoms with Gasteiger partial charge in [0.1, 0.15) is 17.8 Å². The lowest BCUT2D eigenvalue weighted by Gasteiger charge is -2.25. The zero-order valence-electron chi connectivity index (χ0n) is 17.3. The molecule has 0 saturated heterocycles. The number of aromatic hydroxyl groups is 1. The Morgan fingerprint density at radius 2 is 1.53 bits per heavy atom. The van der Waals surface area contributed by atoms with Gasteiger partial charge in [0.2, 0.25) is 23.6 Å². The van der Waals surface area contributed by atoms with E-state index in [1.54, 1.807) is 0 Å². The number of aliphatic hydroxyl groups is 1. The molecule has 0 aliphatic heterocycles. The lowest BCUT2D eigenvalue weighted by atomic mass is 10.0. The molecule has 0 fully saturated rings. The first-order valence-electron chi connectivity index (χ1n) is 9.51. The number of primary amides is 1. The predicted molar refractivity (Wildman–Crippen MR) is 110 cm³/mol. The number of aliphatic carboxylic acids is 1. The highest BCUT2D eigenvalue weighted by atomic mass is 16.4. The minimum atomic E-state index is -1.65. The normalized spacial score (nSPS) is 14.3. The van der Waals surface area contributed by atoms with Crippen molar-refractivity contribution in [3.63, 3.8) is 0 Å². The molecule has 1 aromatic carbocycles. The third-order valence-electron chi connectivity index (χ3n) is 4.30. The lowest BCUT2D eigenvalue weighted by molar-refractivity contribution is -0.145. The maximum Gasteiger partial charge on any atom is 0.328 e. The van der Waals surface area contributed by atoms with Gasteiger partial charge in [-0.05, 0) is 24.6 Å². The maximum absolute atomic E-state index is 12.7. The van der Waals surface area contributed by atoms with Crippen LogP contribution in [0.25, 0.3) is 0 Å². The molecule has 13 nitrogen and oxygen atoms in total. The second-order valence-corrected chi connectivity index (χ2v) is 6.99. The molecule has 10 N–H and O–H groups in total. The number of hydrogen-bond donors (Lipinski definition) is 8. The van der Waals surface area contributed by atoms with Crippen LogP contribution in [0.5, 0.6) is 5.75 Å². The van der Waals surface area contributed by atoms with Crippen LogP contribution in [-0.4, -0.2) is 75.7 Å². The number of carbonyl (C=O) groups excluding carboxylic acids is 4. The molecule has 1 rings (SSSR count). The number of phenols is 1. The van der Waals surface area contributed by atoms with Crippen molar-refractivity contribution in [3.8, 4) is 5.75 Å². The van der Waals surface area contributed by atoms with Crippen LogP contribution in [0.3, 0.4) is 0 Å². The molecule has 0 spiro atoms. The molecular weight excluding hydrogens is 426 g/mol. The summed E-state index contributed by atoms with van der Waals surface area (Å²) in [6.07, 6.45) is -2.15. The molecule has 0 aliphatic carbocycles. The SMILES string of the molecule is CC(O)C(NC(=O)C(Cc1ccc(O)cc1)NC(=O)C(CC(N)=O)NC(=O)CN)C(=O)O. The highest BCUT2D eigenvalue weighted by Crippen LogP contribution is 2.12. The van der Waals surface area contributed by atoms with Crippen molar-refractivity contribution in [2.45, 2.75) is 44.0 Å². The largest absolute Gasteiger partial charge is 0.508 e. The molecule has 1 aromatic rings. The van der Waals surface area contributed by atoms with E-state index < -0.39 is 66.8 Å². The number of amides is 4. The van der Waals surface area contributed by atoms with E-state index in [2.05, 4.69) is 16.0 Å². The summed E-state index contributed by atoms with van der Waals surface area (Å²) in [7, 11) is 0. The molecule has 4 amide bonds. The van der Waals surface area contributed by atoms with E-state index in [-0.39, 0.29) is 12.2 Å². The van der Waals surface area contributed by atoms with Gasteiger partial charge in [0.15, 0.2) is 6.04 Å². The number of carbonyl (C=O) groups is 5. The fraction of sp³-hybridized carbons (Fsp3) is 0.421. The predicted octanol–water partition coefficient (Wildman–Crippen LogP) is -3.31. The van der Waals surface area contributed by atoms with Gasteiger partial charge in [-0.3, -0.25) is 19.2 Å². The third kappa shape index (κ3) is 8.57. The molecule has 0 heterocycles. The third-order valence-corrected chi connectivity index (χ3v) is 4.30. The number of nitrogens with two attached hydrogens (primary N) is 2. The second kappa shape index (κ2) is 12.2. The van der Waals surface area contributed by atoms with Crippen molar-refractivity contribution in [3.05, 3.63) is 29.8 Å². The Labute approximate surface area is 183 Å². The molecule has 32 heavy (non-hydrogen) atoms. The summed E-state index contributed by atoms with van der Waals surface area (Å²) in [4.78, 5) is 59.6. The van der Waals surface area contributed by atoms with Crippen molar-refractivity contribution in [2.24, 2.45) is 11.5 Å². The first kappa shape index (κ1) is 26.3. The number of aliphatic hydroxyl groups excluding tert-OH is 1. The quantitative estimate of drug-likeness (QED) is 0.158. The number of carboxylic acids is 1. The summed E-state index contributed by atoms with van der Waals surface area (Å²) in [5.41, 5.74) is 10.8. The van der Waals surface area contributed by atoms with Crippen LogP contribution < -0.4 is 27.4 Å². The number of rotatable bonds is 12. The number of benzene rings is 1. The Bertz CT molecular complexity index is 843. The van der Waals surface area contributed by atoms with E-state index in [0.717, 1.165) is 6.92 Å². The minimum Gasteiger partial charge on any atom is -0.508 e. The summed E-state index contributed by atoms with van der Waals surface area (Å²) in [6, 6.07) is 1.20. The Morgan fingerprint density at radius 1 is 0.969 bits per heavy atom. The molecule has 4 unspecified atom stereocenters. The Balaban J connectivity index is 3.13. The molecule has 0 saturated carbocycles. The van der Waals surface area contributed by atoms with Crippen LogP contribution in [-0.2, 0) is 30.4 Å². The first-order valence-corrected chi connectivity index (χ1v) is 9.51. The number of nitrogens with one attached hydrogen (secondary N) is 3. The standard InChI is InChI=1S/C19H27N5O8/c1-9(25)16(19(31)32)24-18(30)12(6-10-2-4-11(26)5-3-10)23-17(29)13(7-14(21)27)22-15(28)8-20/h2-5,9,12-13,16,25-26H,6-8,20H2,1H3,(H2,21,27)(H,22,28)(H,23,29)(H,24,30)(H,31,32). The highest BCUT2D eigenvalue weighted by Gasteiger charge is 2.32. The molecule has 176 valence electrons. The van der Waals surface area contributed by atoms with E-state index in [1.165, 1.54) is 24.3 Å². The van der Waals surface area contributed by atoms with Crippen molar-refractivity contribution in [2.75, 3.05) is 6.54 Å². The van der Waals surface area contributed by atoms with Gasteiger partial charge in [-0.1, -0.05) is 12.1 Å². The monoisotopic (exact) mass is 453 g/mol. The van der Waals surface area contributed by atoms with E-state index >= 15 is 0 Å². The molecule has 0 bridgehead atoms. The summed E-state index contributed by atoms with van der Waals surface area (Å²) in [5, 5.41) is 34.9. The average Bonchev–Trinajstić information content (AvgIpc) is 2.71. The van der Waals surface area contributed by atoms with Gasteiger partial charge in [-0.2, -0.15) is 0 Å². The van der Waals surface area contributed by atoms with Crippen LogP contribution in [0.15, 0.2) is 24.3 Å². The zero-order valence-corrected chi connectivity index (χ0v) is 17.3. The van der Waals surface area contributed by atoms with E-state index in [4.69, 9.17) is 11.5 Å². The smallest absolute Gasteiger partial charge is 0.328 e. The number of carboxylic acid groups (broad SMARTS) is 1. The minimum absolute atomic E-state index is 0.0372. The highest BCUT2D eigenvalue weighted by molar-refractivity contribution is 5.95. The molecule has 13 heteroatoms. The molecule has 4 atom stereocenters. The van der Waals surface area contributed by atoms with Gasteiger partial charge in [-0.25, -0.2) is 4.79 Å². The topological polar surface area (TPSA) is 234 Å². The number of hydrogen-bond acceptors (Lipinski definition) is 8. The van der Waals surface area contributed by atoms with Gasteiger partial charge in [0.05, 0.1) is 19.1 Å². The second-order valence-electron chi connectivity index (χ2n) is 6.99. The van der Waals surface area contributed by atoms with Gasteiger partial charge >= 0.3 is 5.97 Å². The first-order chi connectivity index (χ1) is 14.9. The molecule has 0 radical (unpaired) electrons. The maximum atomic E-state index is 12.7. The van der Waals surface area contributed by atoms with Gasteiger partial charge in [0, 0.05) is 6.42 Å². The van der Waals surface area contributed by atoms with Crippen LogP contribution in [0.4, 0.5) is 0 Å². The summed E-state index contributed by atoms with van der Waals surface area (Å²) in [5.74, 6) is -5.06. The van der Waals surface area contributed by atoms with Crippen molar-refractivity contribution < 1.29 is 39.3 Å². The zero-order chi connectivity index (χ0) is 24.4. The van der Waals surface area contributed by atoms with Crippen LogP contribution >= 0.6 is 0 Å². The van der Waals surface area contributed by atoms with Gasteiger partial charge in [0.25, 0.3) is 0 Å². The average molecular weight is 453 g/mol. The van der Waals surface area contributed by atoms with Crippen molar-refractivity contribution in [1.82, 2.24) is 16.0 Å². The summed E-state index contributed by atoms with van der Waals surface area (Å²) in [6.45, 7) is 0.701. The molecular formula is C19H27N5O8. The molecule has 0 aliphatic rings. The molecule has 0 aromatic heterocycles. The summed E-state index contributed by atoms with van der Waals surface area (Å²) < 4.78 is 0. The Hall–Kier alpha value is -3.71. The van der Waals surface area contributed by atoms with Gasteiger partial charge in [-0.15, -0.1) is 0 Å². The summed E-state index contributed by atoms with van der Waals surface area (Å²) >= 11 is 0.